The molecule has 0 saturated carbocycles. The molecule has 0 unspecified atom stereocenters. The van der Waals surface area contributed by atoms with Gasteiger partial charge < -0.3 is 4.57 Å². The van der Waals surface area contributed by atoms with Crippen molar-refractivity contribution in [2.45, 2.75) is 6.42 Å². The minimum Gasteiger partial charge on any atom is -0.309 e. The molecule has 37 heavy (non-hydrogen) atoms. The van der Waals surface area contributed by atoms with Gasteiger partial charge in [0, 0.05) is 51.2 Å². The minimum absolute atomic E-state index is 0.957. The molecule has 8 aromatic rings. The Morgan fingerprint density at radius 2 is 1.51 bits per heavy atom. The lowest BCUT2D eigenvalue weighted by atomic mass is 9.98. The van der Waals surface area contributed by atoms with Crippen molar-refractivity contribution in [1.82, 2.24) is 18.9 Å². The van der Waals surface area contributed by atoms with Crippen LogP contribution in [0.25, 0.3) is 65.9 Å². The van der Waals surface area contributed by atoms with E-state index in [1.54, 1.807) is 0 Å². The summed E-state index contributed by atoms with van der Waals surface area (Å²) < 4.78 is 4.61. The van der Waals surface area contributed by atoms with Gasteiger partial charge in [0.25, 0.3) is 0 Å². The molecule has 0 fully saturated rings. The zero-order chi connectivity index (χ0) is 24.1. The van der Waals surface area contributed by atoms with Gasteiger partial charge in [-0.25, -0.2) is 4.98 Å². The van der Waals surface area contributed by atoms with Crippen molar-refractivity contribution in [3.05, 3.63) is 121 Å². The first-order chi connectivity index (χ1) is 18.4. The summed E-state index contributed by atoms with van der Waals surface area (Å²) in [5.41, 5.74) is 11.2. The van der Waals surface area contributed by atoms with E-state index in [0.29, 0.717) is 0 Å². The standard InChI is InChI=1S/C33H20N4/c1-2-7-21(8-3-1)37-28-13-12-23-22-9-5-4-6-20(22)18-27(23)30(28)25-10-11-26-31(32(25)37)24-14-15-34-19-29(24)36-17-16-35-33(26)36/h1-17,19H,18H2. The Morgan fingerprint density at radius 1 is 0.649 bits per heavy atom. The molecule has 9 rings (SSSR count). The number of imidazole rings is 1. The Hall–Kier alpha value is -4.96. The van der Waals surface area contributed by atoms with Crippen molar-refractivity contribution >= 4 is 49.1 Å². The average molecular weight is 473 g/mol. The van der Waals surface area contributed by atoms with E-state index < -0.39 is 0 Å². The SMILES string of the molecule is c1ccc(-n2c3ccc4c(c3c3ccc5c(c6ccncc6n6ccnc56)c32)Cc2ccccc2-4)cc1. The van der Waals surface area contributed by atoms with Crippen LogP contribution in [0.1, 0.15) is 11.1 Å². The van der Waals surface area contributed by atoms with Crippen LogP contribution < -0.4 is 0 Å². The number of para-hydroxylation sites is 1. The maximum Gasteiger partial charge on any atom is 0.145 e. The van der Waals surface area contributed by atoms with Gasteiger partial charge in [0.15, 0.2) is 0 Å². The highest BCUT2D eigenvalue weighted by molar-refractivity contribution is 6.28. The molecule has 0 amide bonds. The van der Waals surface area contributed by atoms with Crippen molar-refractivity contribution in [2.75, 3.05) is 0 Å². The van der Waals surface area contributed by atoms with Gasteiger partial charge >= 0.3 is 0 Å². The van der Waals surface area contributed by atoms with Crippen LogP contribution in [0, 0.1) is 0 Å². The van der Waals surface area contributed by atoms with Crippen LogP contribution in [-0.2, 0) is 6.42 Å². The van der Waals surface area contributed by atoms with Crippen LogP contribution in [0.3, 0.4) is 0 Å². The second kappa shape index (κ2) is 6.83. The number of pyridine rings is 2. The third kappa shape index (κ3) is 2.37. The Morgan fingerprint density at radius 3 is 2.46 bits per heavy atom. The Bertz CT molecular complexity index is 2220. The average Bonchev–Trinajstić information content (AvgIpc) is 3.67. The van der Waals surface area contributed by atoms with Gasteiger partial charge in [-0.2, -0.15) is 0 Å². The molecule has 0 saturated heterocycles. The molecule has 0 bridgehead atoms. The number of aromatic nitrogens is 4. The number of hydrogen-bond acceptors (Lipinski definition) is 2. The predicted molar refractivity (Wildman–Crippen MR) is 151 cm³/mol. The second-order valence-corrected chi connectivity index (χ2v) is 9.89. The molecule has 4 heterocycles. The molecule has 0 spiro atoms. The molecule has 1 aliphatic carbocycles. The summed E-state index contributed by atoms with van der Waals surface area (Å²) in [4.78, 5) is 9.24. The Labute approximate surface area is 212 Å². The fourth-order valence-corrected chi connectivity index (χ4v) is 6.62. The monoisotopic (exact) mass is 472 g/mol. The molecule has 0 atom stereocenters. The van der Waals surface area contributed by atoms with Gasteiger partial charge in [-0.15, -0.1) is 0 Å². The summed E-state index contributed by atoms with van der Waals surface area (Å²) in [7, 11) is 0. The van der Waals surface area contributed by atoms with Crippen LogP contribution >= 0.6 is 0 Å². The lowest BCUT2D eigenvalue weighted by molar-refractivity contribution is 1.18. The first-order valence-electron chi connectivity index (χ1n) is 12.6. The van der Waals surface area contributed by atoms with E-state index in [0.717, 1.165) is 28.7 Å². The first kappa shape index (κ1) is 19.3. The third-order valence-electron chi connectivity index (χ3n) is 8.10. The largest absolute Gasteiger partial charge is 0.309 e. The third-order valence-corrected chi connectivity index (χ3v) is 8.10. The quantitative estimate of drug-likeness (QED) is 0.229. The zero-order valence-corrected chi connectivity index (χ0v) is 19.9. The molecule has 172 valence electrons. The second-order valence-electron chi connectivity index (χ2n) is 9.89. The maximum atomic E-state index is 4.77. The van der Waals surface area contributed by atoms with E-state index in [9.17, 15) is 0 Å². The van der Waals surface area contributed by atoms with E-state index in [4.69, 9.17) is 4.98 Å². The van der Waals surface area contributed by atoms with Gasteiger partial charge in [0.2, 0.25) is 0 Å². The fourth-order valence-electron chi connectivity index (χ4n) is 6.62. The molecule has 4 aromatic heterocycles. The molecule has 0 aliphatic heterocycles. The van der Waals surface area contributed by atoms with Gasteiger partial charge in [-0.05, 0) is 59.0 Å². The van der Waals surface area contributed by atoms with E-state index in [2.05, 4.69) is 98.9 Å². The van der Waals surface area contributed by atoms with Gasteiger partial charge in [-0.3, -0.25) is 9.38 Å². The van der Waals surface area contributed by atoms with Gasteiger partial charge in [-0.1, -0.05) is 54.6 Å². The maximum absolute atomic E-state index is 4.77. The summed E-state index contributed by atoms with van der Waals surface area (Å²) in [6.45, 7) is 0. The topological polar surface area (TPSA) is 35.1 Å². The molecule has 0 radical (unpaired) electrons. The summed E-state index contributed by atoms with van der Waals surface area (Å²) in [6, 6.07) is 30.9. The smallest absolute Gasteiger partial charge is 0.145 e. The van der Waals surface area contributed by atoms with E-state index in [-0.39, 0.29) is 0 Å². The predicted octanol–water partition coefficient (Wildman–Crippen LogP) is 7.70. The van der Waals surface area contributed by atoms with Crippen molar-refractivity contribution in [3.8, 4) is 16.8 Å². The van der Waals surface area contributed by atoms with Crippen molar-refractivity contribution in [2.24, 2.45) is 0 Å². The van der Waals surface area contributed by atoms with E-state index in [1.165, 1.54) is 54.8 Å². The molecule has 0 N–H and O–H groups in total. The molecular weight excluding hydrogens is 452 g/mol. The van der Waals surface area contributed by atoms with Crippen molar-refractivity contribution < 1.29 is 0 Å². The van der Waals surface area contributed by atoms with Crippen LogP contribution in [0.5, 0.6) is 0 Å². The highest BCUT2D eigenvalue weighted by Gasteiger charge is 2.26. The Balaban J connectivity index is 1.57. The number of benzene rings is 4. The van der Waals surface area contributed by atoms with Gasteiger partial charge in [0.1, 0.15) is 5.65 Å². The highest BCUT2D eigenvalue weighted by atomic mass is 15.0. The number of nitrogens with zero attached hydrogens (tertiary/aromatic N) is 4. The van der Waals surface area contributed by atoms with E-state index in [1.807, 2.05) is 24.8 Å². The summed E-state index contributed by atoms with van der Waals surface area (Å²) >= 11 is 0. The number of fused-ring (bicyclic) bond motifs is 14. The molecule has 1 aliphatic rings. The fraction of sp³-hybridized carbons (Fsp3) is 0.0303. The number of rotatable bonds is 1. The van der Waals surface area contributed by atoms with E-state index >= 15 is 0 Å². The molecule has 4 nitrogen and oxygen atoms in total. The summed E-state index contributed by atoms with van der Waals surface area (Å²) in [6.07, 6.45) is 8.71. The number of hydrogen-bond donors (Lipinski definition) is 0. The van der Waals surface area contributed by atoms with Crippen LogP contribution in [0.15, 0.2) is 110 Å². The first-order valence-corrected chi connectivity index (χ1v) is 12.6. The van der Waals surface area contributed by atoms with Crippen LogP contribution in [0.2, 0.25) is 0 Å². The van der Waals surface area contributed by atoms with Crippen molar-refractivity contribution in [1.29, 1.82) is 0 Å². The Kier molecular flexibility index (Phi) is 3.55. The highest BCUT2D eigenvalue weighted by Crippen LogP contribution is 2.46. The van der Waals surface area contributed by atoms with Crippen molar-refractivity contribution in [3.63, 3.8) is 0 Å². The summed E-state index contributed by atoms with van der Waals surface area (Å²) in [5.74, 6) is 0. The summed E-state index contributed by atoms with van der Waals surface area (Å²) in [5, 5.41) is 6.18. The van der Waals surface area contributed by atoms with Gasteiger partial charge in [0.05, 0.1) is 22.7 Å². The van der Waals surface area contributed by atoms with Crippen LogP contribution in [0.4, 0.5) is 0 Å². The van der Waals surface area contributed by atoms with Crippen LogP contribution in [-0.4, -0.2) is 18.9 Å². The zero-order valence-electron chi connectivity index (χ0n) is 19.9. The minimum atomic E-state index is 0.957. The normalized spacial score (nSPS) is 12.8. The molecule has 4 heteroatoms. The lowest BCUT2D eigenvalue weighted by Gasteiger charge is -2.13. The molecule has 4 aromatic carbocycles. The lowest BCUT2D eigenvalue weighted by Crippen LogP contribution is -1.97. The molecular formula is C33H20N4.